The molecular formula is C20H22FeOSi. The Kier molecular flexibility index (Phi) is 7.44. The molecule has 2 aromatic rings. The number of rotatable bonds is 2. The van der Waals surface area contributed by atoms with E-state index >= 15 is 0 Å². The Hall–Kier alpha value is -1.67. The first-order chi connectivity index (χ1) is 10.5. The van der Waals surface area contributed by atoms with Crippen molar-refractivity contribution in [1.29, 1.82) is 0 Å². The van der Waals surface area contributed by atoms with Crippen LogP contribution in [-0.2, 0) is 17.1 Å². The van der Waals surface area contributed by atoms with Crippen molar-refractivity contribution in [2.24, 2.45) is 0 Å². The van der Waals surface area contributed by atoms with Crippen molar-refractivity contribution in [2.75, 3.05) is 0 Å². The van der Waals surface area contributed by atoms with Crippen LogP contribution in [0.1, 0.15) is 5.56 Å². The Morgan fingerprint density at radius 3 is 2.04 bits per heavy atom. The zero-order valence-corrected chi connectivity index (χ0v) is 15.9. The molecule has 1 nitrogen and oxygen atoms in total. The molecule has 0 aliphatic heterocycles. The summed E-state index contributed by atoms with van der Waals surface area (Å²) in [5.74, 6) is 0.146. The Bertz CT molecular complexity index is 657. The molecule has 0 aromatic heterocycles. The Morgan fingerprint density at radius 1 is 0.957 bits per heavy atom. The molecule has 1 aliphatic carbocycles. The largest absolute Gasteiger partial charge is 2.00 e. The summed E-state index contributed by atoms with van der Waals surface area (Å²) in [6, 6.07) is 19.5. The van der Waals surface area contributed by atoms with Crippen LogP contribution < -0.4 is 5.11 Å². The van der Waals surface area contributed by atoms with Crippen molar-refractivity contribution in [3.63, 3.8) is 0 Å². The molecule has 0 bridgehead atoms. The van der Waals surface area contributed by atoms with Crippen LogP contribution in [-0.4, -0.2) is 8.07 Å². The van der Waals surface area contributed by atoms with Crippen LogP contribution in [0.25, 0.3) is 5.76 Å². The van der Waals surface area contributed by atoms with Crippen molar-refractivity contribution in [1.82, 2.24) is 0 Å². The van der Waals surface area contributed by atoms with Gasteiger partial charge in [0.2, 0.25) is 0 Å². The minimum atomic E-state index is -1.44. The molecule has 1 aliphatic rings. The first-order valence-corrected chi connectivity index (χ1v) is 11.0. The van der Waals surface area contributed by atoms with E-state index in [9.17, 15) is 5.11 Å². The van der Waals surface area contributed by atoms with Gasteiger partial charge in [-0.1, -0.05) is 79.2 Å². The second kappa shape index (κ2) is 8.83. The molecule has 3 rings (SSSR count). The number of hydrogen-bond donors (Lipinski definition) is 0. The quantitative estimate of drug-likeness (QED) is 0.437. The molecule has 0 fully saturated rings. The molecule has 0 spiro atoms. The second-order valence-electron chi connectivity index (χ2n) is 6.26. The predicted molar refractivity (Wildman–Crippen MR) is 96.0 cm³/mol. The third kappa shape index (κ3) is 5.47. The van der Waals surface area contributed by atoms with Gasteiger partial charge < -0.3 is 5.11 Å². The molecule has 2 aromatic carbocycles. The fraction of sp³-hybridized carbons (Fsp3) is 0.150. The van der Waals surface area contributed by atoms with E-state index < -0.39 is 8.07 Å². The zero-order valence-electron chi connectivity index (χ0n) is 13.8. The summed E-state index contributed by atoms with van der Waals surface area (Å²) >= 11 is 0. The van der Waals surface area contributed by atoms with Crippen molar-refractivity contribution >= 4 is 13.8 Å². The average Bonchev–Trinajstić information content (AvgIpc) is 3.20. The minimum absolute atomic E-state index is 0. The van der Waals surface area contributed by atoms with E-state index in [-0.39, 0.29) is 22.8 Å². The predicted octanol–water partition coefficient (Wildman–Crippen LogP) is 4.53. The van der Waals surface area contributed by atoms with Gasteiger partial charge in [-0.25, -0.2) is 12.1 Å². The Morgan fingerprint density at radius 2 is 1.57 bits per heavy atom. The van der Waals surface area contributed by atoms with Crippen molar-refractivity contribution in [3.8, 4) is 0 Å². The molecule has 0 radical (unpaired) electrons. The van der Waals surface area contributed by atoms with Crippen molar-refractivity contribution in [2.45, 2.75) is 19.6 Å². The molecule has 0 N–H and O–H groups in total. The van der Waals surface area contributed by atoms with E-state index in [0.29, 0.717) is 0 Å². The summed E-state index contributed by atoms with van der Waals surface area (Å²) in [5, 5.41) is 13.7. The summed E-state index contributed by atoms with van der Waals surface area (Å²) < 4.78 is 0. The summed E-state index contributed by atoms with van der Waals surface area (Å²) in [7, 11) is -1.44. The molecule has 0 amide bonds. The van der Waals surface area contributed by atoms with Gasteiger partial charge in [0.25, 0.3) is 0 Å². The van der Waals surface area contributed by atoms with Crippen LogP contribution >= 0.6 is 0 Å². The van der Waals surface area contributed by atoms with Crippen molar-refractivity contribution in [3.05, 3.63) is 95.2 Å². The standard InChI is InChI=1S/C15H18OSi.C5H5.Fe/c1-17(2,3)14-11-7-10-13(14)15(16)12-8-5-4-6-9-12;1-2-4-5-3-1;/h4-11,16H,1-3H3;1-5H;/q;-1;+2/p-1. The molecule has 0 saturated carbocycles. The monoisotopic (exact) mass is 362 g/mol. The van der Waals surface area contributed by atoms with E-state index in [1.165, 1.54) is 5.20 Å². The van der Waals surface area contributed by atoms with Gasteiger partial charge in [-0.05, 0) is 11.1 Å². The van der Waals surface area contributed by atoms with Gasteiger partial charge in [-0.15, -0.1) is 0 Å². The summed E-state index contributed by atoms with van der Waals surface area (Å²) in [5.41, 5.74) is 1.66. The van der Waals surface area contributed by atoms with Gasteiger partial charge in [0.05, 0.1) is 8.07 Å². The summed E-state index contributed by atoms with van der Waals surface area (Å²) in [6.07, 6.45) is 6.04. The van der Waals surface area contributed by atoms with Crippen LogP contribution in [0, 0.1) is 0 Å². The fourth-order valence-electron chi connectivity index (χ4n) is 2.34. The van der Waals surface area contributed by atoms with E-state index in [1.54, 1.807) is 0 Å². The molecular weight excluding hydrogens is 340 g/mol. The van der Waals surface area contributed by atoms with Crippen LogP contribution in [0.2, 0.25) is 19.6 Å². The van der Waals surface area contributed by atoms with Crippen molar-refractivity contribution < 1.29 is 22.2 Å². The Balaban J connectivity index is 0.000000377. The molecule has 0 unspecified atom stereocenters. The number of hydrogen-bond acceptors (Lipinski definition) is 1. The maximum atomic E-state index is 12.4. The van der Waals surface area contributed by atoms with Gasteiger partial charge in [-0.3, -0.25) is 0 Å². The fourth-order valence-corrected chi connectivity index (χ4v) is 3.94. The normalized spacial score (nSPS) is 15.2. The maximum absolute atomic E-state index is 12.4. The Labute approximate surface area is 150 Å². The van der Waals surface area contributed by atoms with E-state index in [2.05, 4.69) is 25.7 Å². The zero-order chi connectivity index (χ0) is 16.0. The molecule has 120 valence electrons. The average molecular weight is 362 g/mol. The van der Waals surface area contributed by atoms with Gasteiger partial charge in [0, 0.05) is 0 Å². The molecule has 0 atom stereocenters. The van der Waals surface area contributed by atoms with Gasteiger partial charge in [0.15, 0.2) is 0 Å². The van der Waals surface area contributed by atoms with Crippen LogP contribution in [0.5, 0.6) is 0 Å². The summed E-state index contributed by atoms with van der Waals surface area (Å²) in [4.78, 5) is 0. The molecule has 23 heavy (non-hydrogen) atoms. The van der Waals surface area contributed by atoms with E-state index in [1.807, 2.05) is 72.8 Å². The van der Waals surface area contributed by atoms with Gasteiger partial charge in [0.1, 0.15) is 0 Å². The molecule has 3 heteroatoms. The smallest absolute Gasteiger partial charge is 0.872 e. The third-order valence-corrected chi connectivity index (χ3v) is 5.51. The first-order valence-electron chi connectivity index (χ1n) is 7.53. The molecule has 0 saturated heterocycles. The van der Waals surface area contributed by atoms with Gasteiger partial charge in [-0.2, -0.15) is 18.2 Å². The van der Waals surface area contributed by atoms with E-state index in [0.717, 1.165) is 11.1 Å². The van der Waals surface area contributed by atoms with E-state index in [4.69, 9.17) is 0 Å². The minimum Gasteiger partial charge on any atom is -0.872 e. The van der Waals surface area contributed by atoms with Crippen LogP contribution in [0.4, 0.5) is 0 Å². The first kappa shape index (κ1) is 19.4. The second-order valence-corrected chi connectivity index (χ2v) is 11.3. The topological polar surface area (TPSA) is 23.1 Å². The van der Waals surface area contributed by atoms with Crippen LogP contribution in [0.15, 0.2) is 89.7 Å². The summed E-state index contributed by atoms with van der Waals surface area (Å²) in [6.45, 7) is 6.80. The van der Waals surface area contributed by atoms with Gasteiger partial charge >= 0.3 is 17.1 Å². The maximum Gasteiger partial charge on any atom is 2.00 e. The third-order valence-electron chi connectivity index (χ3n) is 3.46. The SMILES string of the molecule is C[Si](C)(C)C1=CC=CC1=C([O-])c1ccccc1.[Fe+2].c1cc[cH-]c1. The number of benzene rings is 1. The number of allylic oxidation sites excluding steroid dienone is 5. The van der Waals surface area contributed by atoms with Crippen LogP contribution in [0.3, 0.4) is 0 Å². The molecule has 0 heterocycles.